The predicted octanol–water partition coefficient (Wildman–Crippen LogP) is 1.86. The van der Waals surface area contributed by atoms with Gasteiger partial charge >= 0.3 is 0 Å². The van der Waals surface area contributed by atoms with Crippen molar-refractivity contribution in [3.8, 4) is 6.07 Å². The Morgan fingerprint density at radius 1 is 1.53 bits per heavy atom. The monoisotopic (exact) mass is 217 g/mol. The molecule has 0 aromatic carbocycles. The molecule has 0 aliphatic rings. The standard InChI is InChI=1S/C9H7N5S/c1-6-5-15-9(12-6)13-8-7(4-10)2-3-11-14-8/h2-3,5H,1H3,(H,12,13,14). The topological polar surface area (TPSA) is 74.5 Å². The Morgan fingerprint density at radius 2 is 2.40 bits per heavy atom. The van der Waals surface area contributed by atoms with E-state index in [-0.39, 0.29) is 0 Å². The molecule has 0 unspecified atom stereocenters. The van der Waals surface area contributed by atoms with Gasteiger partial charge in [-0.15, -0.1) is 16.4 Å². The van der Waals surface area contributed by atoms with E-state index >= 15 is 0 Å². The van der Waals surface area contributed by atoms with Gasteiger partial charge in [0, 0.05) is 5.38 Å². The van der Waals surface area contributed by atoms with Crippen molar-refractivity contribution in [1.29, 1.82) is 5.26 Å². The number of hydrogen-bond donors (Lipinski definition) is 1. The lowest BCUT2D eigenvalue weighted by molar-refractivity contribution is 1.03. The Hall–Kier alpha value is -2.00. The van der Waals surface area contributed by atoms with Crippen LogP contribution in [0.5, 0.6) is 0 Å². The summed E-state index contributed by atoms with van der Waals surface area (Å²) < 4.78 is 0. The van der Waals surface area contributed by atoms with Gasteiger partial charge in [0.15, 0.2) is 10.9 Å². The minimum absolute atomic E-state index is 0.439. The first-order valence-electron chi connectivity index (χ1n) is 4.20. The normalized spacial score (nSPS) is 9.60. The molecule has 2 aromatic heterocycles. The molecule has 0 bridgehead atoms. The van der Waals surface area contributed by atoms with Gasteiger partial charge in [-0.05, 0) is 13.0 Å². The molecule has 0 saturated carbocycles. The SMILES string of the molecule is Cc1csc(Nc2nnccc2C#N)n1. The maximum Gasteiger partial charge on any atom is 0.188 e. The fourth-order valence-corrected chi connectivity index (χ4v) is 1.71. The molecule has 5 nitrogen and oxygen atoms in total. The summed E-state index contributed by atoms with van der Waals surface area (Å²) in [5.74, 6) is 0.439. The average Bonchev–Trinajstić information content (AvgIpc) is 2.65. The van der Waals surface area contributed by atoms with Crippen LogP contribution in [0.2, 0.25) is 0 Å². The second kappa shape index (κ2) is 4.02. The van der Waals surface area contributed by atoms with E-state index in [9.17, 15) is 0 Å². The summed E-state index contributed by atoms with van der Waals surface area (Å²) in [4.78, 5) is 4.21. The zero-order valence-electron chi connectivity index (χ0n) is 7.93. The lowest BCUT2D eigenvalue weighted by Gasteiger charge is -2.00. The molecule has 0 aliphatic heterocycles. The zero-order chi connectivity index (χ0) is 10.7. The third-order valence-electron chi connectivity index (χ3n) is 1.69. The van der Waals surface area contributed by atoms with E-state index in [2.05, 4.69) is 20.5 Å². The predicted molar refractivity (Wildman–Crippen MR) is 56.9 cm³/mol. The molecule has 15 heavy (non-hydrogen) atoms. The van der Waals surface area contributed by atoms with Crippen molar-refractivity contribution in [1.82, 2.24) is 15.2 Å². The molecular formula is C9H7N5S. The third-order valence-corrected chi connectivity index (χ3v) is 2.56. The van der Waals surface area contributed by atoms with Crippen molar-refractivity contribution >= 4 is 22.3 Å². The number of thiazole rings is 1. The van der Waals surface area contributed by atoms with Gasteiger partial charge in [0.1, 0.15) is 6.07 Å². The Balaban J connectivity index is 2.28. The van der Waals surface area contributed by atoms with Crippen LogP contribution < -0.4 is 5.32 Å². The van der Waals surface area contributed by atoms with E-state index in [1.807, 2.05) is 18.4 Å². The van der Waals surface area contributed by atoms with Gasteiger partial charge in [0.05, 0.1) is 17.5 Å². The molecular weight excluding hydrogens is 210 g/mol. The fraction of sp³-hybridized carbons (Fsp3) is 0.111. The molecule has 6 heteroatoms. The van der Waals surface area contributed by atoms with Gasteiger partial charge in [0.2, 0.25) is 0 Å². The number of rotatable bonds is 2. The smallest absolute Gasteiger partial charge is 0.188 e. The van der Waals surface area contributed by atoms with Crippen molar-refractivity contribution in [3.05, 3.63) is 28.9 Å². The number of nitrogens with one attached hydrogen (secondary N) is 1. The highest BCUT2D eigenvalue weighted by atomic mass is 32.1. The molecule has 0 aliphatic carbocycles. The van der Waals surface area contributed by atoms with Crippen molar-refractivity contribution in [3.63, 3.8) is 0 Å². The molecule has 2 rings (SSSR count). The van der Waals surface area contributed by atoms with Crippen LogP contribution in [0.4, 0.5) is 10.9 Å². The second-order valence-corrected chi connectivity index (χ2v) is 3.68. The maximum absolute atomic E-state index is 8.83. The molecule has 1 N–H and O–H groups in total. The number of aromatic nitrogens is 3. The number of aryl methyl sites for hydroxylation is 1. The molecule has 0 spiro atoms. The number of hydrogen-bond acceptors (Lipinski definition) is 6. The molecule has 2 aromatic rings. The Bertz CT molecular complexity index is 513. The summed E-state index contributed by atoms with van der Waals surface area (Å²) in [6, 6.07) is 3.64. The number of nitriles is 1. The Kier molecular flexibility index (Phi) is 2.56. The molecule has 0 fully saturated rings. The molecule has 74 valence electrons. The van der Waals surface area contributed by atoms with Gasteiger partial charge < -0.3 is 5.32 Å². The van der Waals surface area contributed by atoms with Crippen molar-refractivity contribution < 1.29 is 0 Å². The van der Waals surface area contributed by atoms with Crippen LogP contribution in [-0.2, 0) is 0 Å². The van der Waals surface area contributed by atoms with Crippen LogP contribution in [0.3, 0.4) is 0 Å². The summed E-state index contributed by atoms with van der Waals surface area (Å²) >= 11 is 1.46. The second-order valence-electron chi connectivity index (χ2n) is 2.82. The van der Waals surface area contributed by atoms with E-state index in [0.29, 0.717) is 16.5 Å². The Morgan fingerprint density at radius 3 is 3.07 bits per heavy atom. The van der Waals surface area contributed by atoms with E-state index in [0.717, 1.165) is 5.69 Å². The fourth-order valence-electron chi connectivity index (χ4n) is 1.03. The summed E-state index contributed by atoms with van der Waals surface area (Å²) in [5, 5.41) is 22.0. The lowest BCUT2D eigenvalue weighted by atomic mass is 10.3. The van der Waals surface area contributed by atoms with E-state index in [4.69, 9.17) is 5.26 Å². The van der Waals surface area contributed by atoms with Crippen molar-refractivity contribution in [2.24, 2.45) is 0 Å². The molecule has 2 heterocycles. The third kappa shape index (κ3) is 2.08. The van der Waals surface area contributed by atoms with Crippen LogP contribution in [-0.4, -0.2) is 15.2 Å². The van der Waals surface area contributed by atoms with Crippen LogP contribution in [0.15, 0.2) is 17.6 Å². The quantitative estimate of drug-likeness (QED) is 0.831. The first-order valence-corrected chi connectivity index (χ1v) is 5.08. The zero-order valence-corrected chi connectivity index (χ0v) is 8.75. The summed E-state index contributed by atoms with van der Waals surface area (Å²) in [6.45, 7) is 1.91. The minimum Gasteiger partial charge on any atom is -0.314 e. The van der Waals surface area contributed by atoms with E-state index < -0.39 is 0 Å². The number of anilines is 2. The van der Waals surface area contributed by atoms with Crippen LogP contribution in [0.1, 0.15) is 11.3 Å². The lowest BCUT2D eigenvalue weighted by Crippen LogP contribution is -1.97. The van der Waals surface area contributed by atoms with Gasteiger partial charge in [0.25, 0.3) is 0 Å². The summed E-state index contributed by atoms with van der Waals surface area (Å²) in [5.41, 5.74) is 1.39. The van der Waals surface area contributed by atoms with Crippen LogP contribution in [0, 0.1) is 18.3 Å². The minimum atomic E-state index is 0.439. The average molecular weight is 217 g/mol. The molecule has 0 saturated heterocycles. The first kappa shape index (κ1) is 9.55. The maximum atomic E-state index is 8.83. The van der Waals surface area contributed by atoms with Gasteiger partial charge in [-0.25, -0.2) is 4.98 Å². The van der Waals surface area contributed by atoms with Gasteiger partial charge in [-0.1, -0.05) is 0 Å². The highest BCUT2D eigenvalue weighted by molar-refractivity contribution is 7.13. The summed E-state index contributed by atoms with van der Waals surface area (Å²) in [7, 11) is 0. The summed E-state index contributed by atoms with van der Waals surface area (Å²) in [6.07, 6.45) is 1.48. The van der Waals surface area contributed by atoms with E-state index in [1.165, 1.54) is 17.5 Å². The first-order chi connectivity index (χ1) is 7.29. The van der Waals surface area contributed by atoms with Gasteiger partial charge in [-0.3, -0.25) is 0 Å². The largest absolute Gasteiger partial charge is 0.314 e. The van der Waals surface area contributed by atoms with Crippen LogP contribution in [0.25, 0.3) is 0 Å². The highest BCUT2D eigenvalue weighted by Gasteiger charge is 2.05. The molecule has 0 atom stereocenters. The molecule has 0 amide bonds. The highest BCUT2D eigenvalue weighted by Crippen LogP contribution is 2.20. The van der Waals surface area contributed by atoms with E-state index in [1.54, 1.807) is 6.07 Å². The van der Waals surface area contributed by atoms with Crippen molar-refractivity contribution in [2.75, 3.05) is 5.32 Å². The van der Waals surface area contributed by atoms with Crippen LogP contribution >= 0.6 is 11.3 Å². The number of nitrogens with zero attached hydrogens (tertiary/aromatic N) is 4. The van der Waals surface area contributed by atoms with Crippen molar-refractivity contribution in [2.45, 2.75) is 6.92 Å². The Labute approximate surface area is 90.4 Å². The van der Waals surface area contributed by atoms with Gasteiger partial charge in [-0.2, -0.15) is 10.4 Å². The molecule has 0 radical (unpaired) electrons.